The van der Waals surface area contributed by atoms with Crippen LogP contribution >= 0.6 is 0 Å². The molecule has 0 fully saturated rings. The zero-order valence-corrected chi connectivity index (χ0v) is 11.2. The van der Waals surface area contributed by atoms with Crippen molar-refractivity contribution < 1.29 is 9.90 Å². The van der Waals surface area contributed by atoms with Crippen molar-refractivity contribution in [2.24, 2.45) is 0 Å². The highest BCUT2D eigenvalue weighted by atomic mass is 16.4. The zero-order valence-electron chi connectivity index (χ0n) is 11.2. The molecule has 0 spiro atoms. The number of hydrogen-bond donors (Lipinski definition) is 2. The van der Waals surface area contributed by atoms with Gasteiger partial charge in [0.05, 0.1) is 0 Å². The molecule has 0 saturated heterocycles. The molecule has 0 aliphatic carbocycles. The predicted octanol–water partition coefficient (Wildman–Crippen LogP) is 2.66. The van der Waals surface area contributed by atoms with Crippen molar-refractivity contribution >= 4 is 11.8 Å². The molecule has 1 heterocycles. The second-order valence-corrected chi connectivity index (χ2v) is 4.81. The van der Waals surface area contributed by atoms with E-state index in [-0.39, 0.29) is 12.5 Å². The molecular weight excluding hydrogens is 230 g/mol. The highest BCUT2D eigenvalue weighted by Gasteiger charge is 2.07. The molecule has 5 nitrogen and oxygen atoms in total. The highest BCUT2D eigenvalue weighted by molar-refractivity contribution is 5.66. The van der Waals surface area contributed by atoms with Crippen LogP contribution in [0.5, 0.6) is 0 Å². The van der Waals surface area contributed by atoms with E-state index in [1.165, 1.54) is 0 Å². The summed E-state index contributed by atoms with van der Waals surface area (Å²) in [6.07, 6.45) is 3.26. The number of rotatable bonds is 7. The van der Waals surface area contributed by atoms with Crippen molar-refractivity contribution in [3.63, 3.8) is 0 Å². The Labute approximate surface area is 108 Å². The molecule has 0 aliphatic rings. The quantitative estimate of drug-likeness (QED) is 0.779. The number of hydrogen-bond acceptors (Lipinski definition) is 4. The van der Waals surface area contributed by atoms with Gasteiger partial charge in [0.15, 0.2) is 0 Å². The second kappa shape index (κ2) is 6.93. The van der Waals surface area contributed by atoms with Crippen molar-refractivity contribution in [3.8, 4) is 0 Å². The highest BCUT2D eigenvalue weighted by Crippen LogP contribution is 2.15. The van der Waals surface area contributed by atoms with Gasteiger partial charge in [-0.25, -0.2) is 9.97 Å². The van der Waals surface area contributed by atoms with Gasteiger partial charge in [0.2, 0.25) is 0 Å². The molecule has 1 aromatic rings. The number of aromatic nitrogens is 2. The lowest BCUT2D eigenvalue weighted by molar-refractivity contribution is -0.137. The Bertz CT molecular complexity index is 394. The minimum atomic E-state index is -0.744. The Morgan fingerprint density at radius 2 is 2.11 bits per heavy atom. The van der Waals surface area contributed by atoms with E-state index in [1.54, 1.807) is 6.33 Å². The SMILES string of the molecule is CC(CCCC(=O)O)Nc1cc(C(C)C)ncn1. The summed E-state index contributed by atoms with van der Waals surface area (Å²) >= 11 is 0. The minimum absolute atomic E-state index is 0.208. The molecule has 0 amide bonds. The van der Waals surface area contributed by atoms with Crippen molar-refractivity contribution in [3.05, 3.63) is 18.1 Å². The Kier molecular flexibility index (Phi) is 5.55. The molecule has 1 unspecified atom stereocenters. The third-order valence-electron chi connectivity index (χ3n) is 2.70. The van der Waals surface area contributed by atoms with Gasteiger partial charge in [-0.3, -0.25) is 4.79 Å². The summed E-state index contributed by atoms with van der Waals surface area (Å²) in [5.74, 6) is 0.429. The minimum Gasteiger partial charge on any atom is -0.481 e. The third-order valence-corrected chi connectivity index (χ3v) is 2.70. The molecule has 5 heteroatoms. The number of carbonyl (C=O) groups is 1. The molecular formula is C13H21N3O2. The van der Waals surface area contributed by atoms with Gasteiger partial charge in [-0.2, -0.15) is 0 Å². The number of aliphatic carboxylic acids is 1. The lowest BCUT2D eigenvalue weighted by atomic mass is 10.1. The van der Waals surface area contributed by atoms with E-state index in [0.29, 0.717) is 12.3 Å². The van der Waals surface area contributed by atoms with Crippen LogP contribution in [0.1, 0.15) is 51.6 Å². The van der Waals surface area contributed by atoms with Crippen LogP contribution in [0.2, 0.25) is 0 Å². The Hall–Kier alpha value is -1.65. The molecule has 0 saturated carbocycles. The normalized spacial score (nSPS) is 12.4. The summed E-state index contributed by atoms with van der Waals surface area (Å²) in [5, 5.41) is 11.8. The Balaban J connectivity index is 2.46. The van der Waals surface area contributed by atoms with E-state index in [0.717, 1.165) is 17.9 Å². The smallest absolute Gasteiger partial charge is 0.303 e. The first kappa shape index (κ1) is 14.4. The van der Waals surface area contributed by atoms with Gasteiger partial charge in [-0.05, 0) is 25.7 Å². The van der Waals surface area contributed by atoms with Gasteiger partial charge in [0, 0.05) is 24.2 Å². The largest absolute Gasteiger partial charge is 0.481 e. The van der Waals surface area contributed by atoms with Gasteiger partial charge >= 0.3 is 5.97 Å². The molecule has 0 bridgehead atoms. The maximum absolute atomic E-state index is 10.4. The maximum Gasteiger partial charge on any atom is 0.303 e. The van der Waals surface area contributed by atoms with Crippen LogP contribution in [-0.2, 0) is 4.79 Å². The summed E-state index contributed by atoms with van der Waals surface area (Å²) in [6.45, 7) is 6.20. The lowest BCUT2D eigenvalue weighted by Gasteiger charge is -2.14. The van der Waals surface area contributed by atoms with Gasteiger partial charge in [0.25, 0.3) is 0 Å². The van der Waals surface area contributed by atoms with E-state index in [1.807, 2.05) is 13.0 Å². The molecule has 1 atom stereocenters. The lowest BCUT2D eigenvalue weighted by Crippen LogP contribution is -2.16. The molecule has 1 aromatic heterocycles. The number of carboxylic acids is 1. The molecule has 18 heavy (non-hydrogen) atoms. The van der Waals surface area contributed by atoms with Crippen LogP contribution < -0.4 is 5.32 Å². The Morgan fingerprint density at radius 3 is 2.72 bits per heavy atom. The first-order chi connectivity index (χ1) is 8.49. The predicted molar refractivity (Wildman–Crippen MR) is 70.7 cm³/mol. The molecule has 0 radical (unpaired) electrons. The second-order valence-electron chi connectivity index (χ2n) is 4.81. The molecule has 2 N–H and O–H groups in total. The Morgan fingerprint density at radius 1 is 1.39 bits per heavy atom. The fourth-order valence-corrected chi connectivity index (χ4v) is 1.65. The average Bonchev–Trinajstić information content (AvgIpc) is 2.28. The van der Waals surface area contributed by atoms with Crippen LogP contribution in [0.25, 0.3) is 0 Å². The zero-order chi connectivity index (χ0) is 13.5. The van der Waals surface area contributed by atoms with E-state index in [4.69, 9.17) is 5.11 Å². The van der Waals surface area contributed by atoms with Gasteiger partial charge in [0.1, 0.15) is 12.1 Å². The summed E-state index contributed by atoms with van der Waals surface area (Å²) in [4.78, 5) is 18.8. The van der Waals surface area contributed by atoms with Gasteiger partial charge in [-0.15, -0.1) is 0 Å². The summed E-state index contributed by atoms with van der Waals surface area (Å²) in [7, 11) is 0. The van der Waals surface area contributed by atoms with Gasteiger partial charge in [-0.1, -0.05) is 13.8 Å². The summed E-state index contributed by atoms with van der Waals surface area (Å²) < 4.78 is 0. The van der Waals surface area contributed by atoms with E-state index >= 15 is 0 Å². The molecule has 1 rings (SSSR count). The van der Waals surface area contributed by atoms with Crippen LogP contribution in [0, 0.1) is 0 Å². The van der Waals surface area contributed by atoms with E-state index in [9.17, 15) is 4.79 Å². The monoisotopic (exact) mass is 251 g/mol. The van der Waals surface area contributed by atoms with Crippen LogP contribution in [0.15, 0.2) is 12.4 Å². The summed E-state index contributed by atoms with van der Waals surface area (Å²) in [6, 6.07) is 2.15. The maximum atomic E-state index is 10.4. The first-order valence-electron chi connectivity index (χ1n) is 6.29. The fraction of sp³-hybridized carbons (Fsp3) is 0.615. The molecule has 0 aliphatic heterocycles. The standard InChI is InChI=1S/C13H21N3O2/c1-9(2)11-7-12(15-8-14-11)16-10(3)5-4-6-13(17)18/h7-10H,4-6H2,1-3H3,(H,17,18)(H,14,15,16). The fourth-order valence-electron chi connectivity index (χ4n) is 1.65. The van der Waals surface area contributed by atoms with Crippen LogP contribution in [-0.4, -0.2) is 27.1 Å². The topological polar surface area (TPSA) is 75.1 Å². The van der Waals surface area contributed by atoms with Crippen molar-refractivity contribution in [1.29, 1.82) is 0 Å². The number of carboxylic acid groups (broad SMARTS) is 1. The number of nitrogens with zero attached hydrogens (tertiary/aromatic N) is 2. The first-order valence-corrected chi connectivity index (χ1v) is 6.29. The van der Waals surface area contributed by atoms with Crippen molar-refractivity contribution in [1.82, 2.24) is 9.97 Å². The number of anilines is 1. The molecule has 100 valence electrons. The van der Waals surface area contributed by atoms with Crippen LogP contribution in [0.4, 0.5) is 5.82 Å². The van der Waals surface area contributed by atoms with Gasteiger partial charge < -0.3 is 10.4 Å². The van der Waals surface area contributed by atoms with Crippen LogP contribution in [0.3, 0.4) is 0 Å². The molecule has 0 aromatic carbocycles. The van der Waals surface area contributed by atoms with Crippen molar-refractivity contribution in [2.45, 2.75) is 52.0 Å². The van der Waals surface area contributed by atoms with E-state index < -0.39 is 5.97 Å². The third kappa shape index (κ3) is 5.12. The van der Waals surface area contributed by atoms with Crippen molar-refractivity contribution in [2.75, 3.05) is 5.32 Å². The average molecular weight is 251 g/mol. The number of nitrogens with one attached hydrogen (secondary N) is 1. The summed E-state index contributed by atoms with van der Waals surface area (Å²) in [5.41, 5.74) is 1.00. The van der Waals surface area contributed by atoms with E-state index in [2.05, 4.69) is 29.1 Å².